The number of rotatable bonds is 25. The van der Waals surface area contributed by atoms with E-state index in [-0.39, 0.29) is 12.1 Å². The lowest BCUT2D eigenvalue weighted by Crippen LogP contribution is -2.51. The van der Waals surface area contributed by atoms with Crippen molar-refractivity contribution in [1.82, 2.24) is 0 Å². The maximum Gasteiger partial charge on any atom is 0.306 e. The van der Waals surface area contributed by atoms with E-state index in [4.69, 9.17) is 14.2 Å². The smallest absolute Gasteiger partial charge is 0.306 e. The molecule has 6 rings (SSSR count). The Labute approximate surface area is 372 Å². The first-order valence-corrected chi connectivity index (χ1v) is 25.5. The molecule has 0 aromatic heterocycles. The average Bonchev–Trinajstić information content (AvgIpc) is 3.61. The summed E-state index contributed by atoms with van der Waals surface area (Å²) in [7, 11) is 0. The third-order valence-corrected chi connectivity index (χ3v) is 16.2. The summed E-state index contributed by atoms with van der Waals surface area (Å²) in [5, 5.41) is 0. The molecule has 0 spiro atoms. The molecule has 0 amide bonds. The Kier molecular flexibility index (Phi) is 18.3. The third-order valence-electron chi connectivity index (χ3n) is 16.2. The van der Waals surface area contributed by atoms with Crippen LogP contribution in [-0.2, 0) is 9.53 Å². The van der Waals surface area contributed by atoms with Crippen molar-refractivity contribution in [3.63, 3.8) is 0 Å². The normalized spacial score (nSPS) is 27.6. The number of fused-ring (bicyclic) bond motifs is 5. The van der Waals surface area contributed by atoms with Gasteiger partial charge in [0.2, 0.25) is 0 Å². The molecule has 0 N–H and O–H groups in total. The Hall–Kier alpha value is -3.08. The second-order valence-corrected chi connectivity index (χ2v) is 20.9. The largest absolute Gasteiger partial charge is 0.494 e. The summed E-state index contributed by atoms with van der Waals surface area (Å²) in [6.45, 7) is 16.3. The lowest BCUT2D eigenvalue weighted by molar-refractivity contribution is -0.151. The summed E-state index contributed by atoms with van der Waals surface area (Å²) in [5.41, 5.74) is 4.40. The van der Waals surface area contributed by atoms with E-state index in [1.54, 1.807) is 5.57 Å². The lowest BCUT2D eigenvalue weighted by atomic mass is 9.47. The van der Waals surface area contributed by atoms with Gasteiger partial charge in [-0.15, -0.1) is 0 Å². The van der Waals surface area contributed by atoms with Crippen molar-refractivity contribution in [2.75, 3.05) is 13.2 Å². The van der Waals surface area contributed by atoms with Crippen LogP contribution in [0.3, 0.4) is 0 Å². The van der Waals surface area contributed by atoms with Gasteiger partial charge in [-0.05, 0) is 165 Å². The molecule has 0 heterocycles. The van der Waals surface area contributed by atoms with Crippen LogP contribution in [0.4, 0.5) is 5.69 Å². The molecule has 4 aliphatic rings. The van der Waals surface area contributed by atoms with E-state index < -0.39 is 0 Å². The minimum Gasteiger partial charge on any atom is -0.494 e. The highest BCUT2D eigenvalue weighted by atomic mass is 16.5. The molecule has 2 aromatic rings. The van der Waals surface area contributed by atoms with Crippen LogP contribution >= 0.6 is 0 Å². The highest BCUT2D eigenvalue weighted by Crippen LogP contribution is 2.67. The van der Waals surface area contributed by atoms with Gasteiger partial charge in [0.1, 0.15) is 17.6 Å². The second-order valence-electron chi connectivity index (χ2n) is 20.9. The van der Waals surface area contributed by atoms with Gasteiger partial charge in [-0.25, -0.2) is 0 Å². The number of allylic oxidation sites excluding steroid dienone is 1. The number of benzene rings is 2. The molecule has 0 aliphatic heterocycles. The maximum atomic E-state index is 13.0. The van der Waals surface area contributed by atoms with Crippen molar-refractivity contribution in [3.8, 4) is 11.5 Å². The number of carbonyl (C=O) groups is 1. The summed E-state index contributed by atoms with van der Waals surface area (Å²) in [6.07, 6.45) is 32.3. The zero-order valence-corrected chi connectivity index (χ0v) is 39.6. The molecule has 5 nitrogen and oxygen atoms in total. The Balaban J connectivity index is 0.814. The summed E-state index contributed by atoms with van der Waals surface area (Å²) in [6, 6.07) is 16.2. The predicted octanol–water partition coefficient (Wildman–Crippen LogP) is 15.8. The summed E-state index contributed by atoms with van der Waals surface area (Å²) < 4.78 is 18.1. The fourth-order valence-corrected chi connectivity index (χ4v) is 12.6. The molecule has 3 saturated carbocycles. The first-order chi connectivity index (χ1) is 29.6. The molecule has 2 aromatic carbocycles. The molecule has 0 unspecified atom stereocenters. The van der Waals surface area contributed by atoms with Gasteiger partial charge in [0, 0.05) is 19.1 Å². The highest BCUT2D eigenvalue weighted by molar-refractivity contribution is 5.82. The van der Waals surface area contributed by atoms with Crippen molar-refractivity contribution in [2.45, 2.75) is 195 Å². The van der Waals surface area contributed by atoms with Gasteiger partial charge in [0.05, 0.1) is 18.9 Å². The first-order valence-electron chi connectivity index (χ1n) is 25.5. The van der Waals surface area contributed by atoms with Gasteiger partial charge in [-0.3, -0.25) is 9.79 Å². The van der Waals surface area contributed by atoms with Crippen LogP contribution in [0.15, 0.2) is 65.2 Å². The van der Waals surface area contributed by atoms with E-state index in [0.717, 1.165) is 116 Å². The molecule has 8 atom stereocenters. The number of aliphatic imine (C=N–C) groups is 1. The molecular weight excluding hydrogens is 751 g/mol. The fraction of sp³-hybridized carbons (Fsp3) is 0.714. The standard InChI is InChI=1S/C56H85NO4/c1-7-8-9-10-13-16-39-60-48-29-25-46(26-30-48)57-41-44-22-27-47(28-23-44)59-38-17-14-11-12-15-21-54(58)61-49-34-36-55(5)45(40-49)24-31-50-52-33-32-51(43(4)20-18-19-42(2)3)56(52,6)37-35-53(50)55/h22-30,41-43,49-53H,7-21,31-40H2,1-6H3/t43-,49+,50+,51-,52+,53+,55+,56-/m1/s1. The summed E-state index contributed by atoms with van der Waals surface area (Å²) >= 11 is 0. The van der Waals surface area contributed by atoms with Gasteiger partial charge in [-0.2, -0.15) is 0 Å². The highest BCUT2D eigenvalue weighted by Gasteiger charge is 2.59. The van der Waals surface area contributed by atoms with Crippen LogP contribution in [0, 0.1) is 46.3 Å². The molecule has 3 fully saturated rings. The van der Waals surface area contributed by atoms with Crippen molar-refractivity contribution >= 4 is 17.9 Å². The second kappa shape index (κ2) is 23.6. The number of unbranched alkanes of at least 4 members (excludes halogenated alkanes) is 9. The monoisotopic (exact) mass is 836 g/mol. The SMILES string of the molecule is CCCCCCCCOc1ccc(N=Cc2ccc(OCCCCCCCC(=O)O[C@H]3CC[C@@]4(C)C(=CC[C@H]5[C@@H]6CC[C@H]([C@H](C)CCCC(C)C)[C@@]6(C)CC[C@@H]54)C3)cc2)cc1. The molecule has 61 heavy (non-hydrogen) atoms. The van der Waals surface area contributed by atoms with Gasteiger partial charge < -0.3 is 14.2 Å². The molecule has 0 saturated heterocycles. The minimum atomic E-state index is 0.00856. The Morgan fingerprint density at radius 2 is 1.39 bits per heavy atom. The topological polar surface area (TPSA) is 57.1 Å². The number of hydrogen-bond donors (Lipinski definition) is 0. The van der Waals surface area contributed by atoms with Crippen LogP contribution in [0.2, 0.25) is 0 Å². The van der Waals surface area contributed by atoms with E-state index in [2.05, 4.69) is 64.7 Å². The summed E-state index contributed by atoms with van der Waals surface area (Å²) in [5.74, 6) is 6.94. The molecule has 0 bridgehead atoms. The van der Waals surface area contributed by atoms with Crippen molar-refractivity contribution in [2.24, 2.45) is 51.3 Å². The first kappa shape index (κ1) is 47.4. The van der Waals surface area contributed by atoms with Crippen LogP contribution < -0.4 is 9.47 Å². The van der Waals surface area contributed by atoms with Crippen molar-refractivity contribution in [1.29, 1.82) is 0 Å². The number of nitrogens with zero attached hydrogens (tertiary/aromatic N) is 1. The number of ether oxygens (including phenoxy) is 3. The minimum absolute atomic E-state index is 0.00856. The Morgan fingerprint density at radius 3 is 2.08 bits per heavy atom. The maximum absolute atomic E-state index is 13.0. The van der Waals surface area contributed by atoms with Crippen LogP contribution in [0.1, 0.15) is 195 Å². The van der Waals surface area contributed by atoms with E-state index in [1.165, 1.54) is 89.9 Å². The zero-order chi connectivity index (χ0) is 43.1. The van der Waals surface area contributed by atoms with Gasteiger partial charge in [-0.1, -0.05) is 124 Å². The van der Waals surface area contributed by atoms with E-state index in [0.29, 0.717) is 23.9 Å². The Bertz CT molecular complexity index is 1660. The van der Waals surface area contributed by atoms with Crippen molar-refractivity contribution < 1.29 is 19.0 Å². The third kappa shape index (κ3) is 13.2. The van der Waals surface area contributed by atoms with Gasteiger partial charge in [0.25, 0.3) is 0 Å². The van der Waals surface area contributed by atoms with E-state index >= 15 is 0 Å². The molecule has 4 aliphatic carbocycles. The van der Waals surface area contributed by atoms with Crippen molar-refractivity contribution in [3.05, 3.63) is 65.7 Å². The molecule has 5 heteroatoms. The van der Waals surface area contributed by atoms with E-state index in [1.807, 2.05) is 42.6 Å². The number of hydrogen-bond acceptors (Lipinski definition) is 5. The number of esters is 1. The predicted molar refractivity (Wildman–Crippen MR) is 255 cm³/mol. The zero-order valence-electron chi connectivity index (χ0n) is 39.6. The average molecular weight is 836 g/mol. The Morgan fingerprint density at radius 1 is 0.738 bits per heavy atom. The molecule has 338 valence electrons. The molecule has 0 radical (unpaired) electrons. The summed E-state index contributed by atoms with van der Waals surface area (Å²) in [4.78, 5) is 17.6. The van der Waals surface area contributed by atoms with E-state index in [9.17, 15) is 4.79 Å². The quantitative estimate of drug-likeness (QED) is 0.0433. The lowest BCUT2D eigenvalue weighted by Gasteiger charge is -2.58. The van der Waals surface area contributed by atoms with Crippen LogP contribution in [0.5, 0.6) is 11.5 Å². The van der Waals surface area contributed by atoms with Gasteiger partial charge in [0.15, 0.2) is 0 Å². The molecular formula is C56H85NO4. The fourth-order valence-electron chi connectivity index (χ4n) is 12.6. The number of carbonyl (C=O) groups excluding carboxylic acids is 1. The van der Waals surface area contributed by atoms with Crippen LogP contribution in [0.25, 0.3) is 0 Å². The van der Waals surface area contributed by atoms with Gasteiger partial charge >= 0.3 is 5.97 Å². The van der Waals surface area contributed by atoms with Crippen LogP contribution in [-0.4, -0.2) is 31.5 Å².